The fourth-order valence-corrected chi connectivity index (χ4v) is 3.34. The molecular formula is C21H17Cl2N3O2. The van der Waals surface area contributed by atoms with Crippen LogP contribution in [0.4, 0.5) is 0 Å². The van der Waals surface area contributed by atoms with Gasteiger partial charge in [0.05, 0.1) is 15.6 Å². The summed E-state index contributed by atoms with van der Waals surface area (Å²) in [6.45, 7) is 2.29. The first-order chi connectivity index (χ1) is 13.4. The molecule has 0 N–H and O–H groups in total. The lowest BCUT2D eigenvalue weighted by Gasteiger charge is -2.10. The maximum Gasteiger partial charge on any atom is 0.258 e. The maximum atomic E-state index is 12.6. The molecule has 5 nitrogen and oxygen atoms in total. The quantitative estimate of drug-likeness (QED) is 0.477. The molecule has 0 atom stereocenters. The van der Waals surface area contributed by atoms with E-state index in [2.05, 4.69) is 5.10 Å². The average molecular weight is 414 g/mol. The summed E-state index contributed by atoms with van der Waals surface area (Å²) < 4.78 is 9.13. The first-order valence-electron chi connectivity index (χ1n) is 8.65. The molecule has 0 amide bonds. The van der Waals surface area contributed by atoms with E-state index in [-0.39, 0.29) is 5.56 Å². The molecule has 4 rings (SSSR count). The highest BCUT2D eigenvalue weighted by molar-refractivity contribution is 6.42. The van der Waals surface area contributed by atoms with Crippen molar-refractivity contribution < 1.29 is 4.74 Å². The molecule has 2 aromatic heterocycles. The summed E-state index contributed by atoms with van der Waals surface area (Å²) in [5, 5.41) is 6.43. The van der Waals surface area contributed by atoms with E-state index in [0.29, 0.717) is 22.4 Å². The monoisotopic (exact) mass is 413 g/mol. The number of nitrogens with zero attached hydrogens (tertiary/aromatic N) is 3. The van der Waals surface area contributed by atoms with Gasteiger partial charge in [0.2, 0.25) is 0 Å². The normalized spacial score (nSPS) is 11.1. The topological polar surface area (TPSA) is 49.1 Å². The Bertz CT molecular complexity index is 1240. The predicted octanol–water partition coefficient (Wildman–Crippen LogP) is 4.92. The van der Waals surface area contributed by atoms with E-state index in [1.807, 2.05) is 42.9 Å². The van der Waals surface area contributed by atoms with Crippen molar-refractivity contribution in [1.29, 1.82) is 0 Å². The molecule has 2 heterocycles. The summed E-state index contributed by atoms with van der Waals surface area (Å²) in [6.07, 6.45) is 1.71. The highest BCUT2D eigenvalue weighted by Gasteiger charge is 2.08. The van der Waals surface area contributed by atoms with Crippen molar-refractivity contribution in [3.8, 4) is 11.4 Å². The second kappa shape index (κ2) is 7.34. The van der Waals surface area contributed by atoms with Crippen LogP contribution in [0.25, 0.3) is 16.6 Å². The van der Waals surface area contributed by atoms with E-state index in [1.54, 1.807) is 29.0 Å². The molecule has 4 aromatic rings. The zero-order valence-corrected chi connectivity index (χ0v) is 16.8. The van der Waals surface area contributed by atoms with Crippen LogP contribution in [0.15, 0.2) is 59.5 Å². The van der Waals surface area contributed by atoms with E-state index in [4.69, 9.17) is 27.9 Å². The number of benzene rings is 2. The summed E-state index contributed by atoms with van der Waals surface area (Å²) in [4.78, 5) is 12.6. The first-order valence-corrected chi connectivity index (χ1v) is 9.41. The van der Waals surface area contributed by atoms with Crippen LogP contribution in [0.2, 0.25) is 10.0 Å². The second-order valence-corrected chi connectivity index (χ2v) is 7.33. The SMILES string of the molecule is Cc1c2cc(-n3ccc(OCc4ccc(Cl)c(Cl)c4)cc3=O)ccc2nn1C. The van der Waals surface area contributed by atoms with Crippen LogP contribution in [-0.4, -0.2) is 14.3 Å². The van der Waals surface area contributed by atoms with Gasteiger partial charge in [0.1, 0.15) is 12.4 Å². The highest BCUT2D eigenvalue weighted by Crippen LogP contribution is 2.24. The van der Waals surface area contributed by atoms with E-state index in [9.17, 15) is 4.79 Å². The van der Waals surface area contributed by atoms with Crippen LogP contribution in [0, 0.1) is 6.92 Å². The Morgan fingerprint density at radius 1 is 1.04 bits per heavy atom. The third-order valence-electron chi connectivity index (χ3n) is 4.67. The van der Waals surface area contributed by atoms with Gasteiger partial charge in [0.25, 0.3) is 5.56 Å². The lowest BCUT2D eigenvalue weighted by molar-refractivity contribution is 0.305. The van der Waals surface area contributed by atoms with Crippen molar-refractivity contribution in [3.05, 3.63) is 86.4 Å². The van der Waals surface area contributed by atoms with Crippen LogP contribution < -0.4 is 10.3 Å². The third-order valence-corrected chi connectivity index (χ3v) is 5.41. The summed E-state index contributed by atoms with van der Waals surface area (Å²) in [5.74, 6) is 0.492. The van der Waals surface area contributed by atoms with Gasteiger partial charge in [-0.2, -0.15) is 5.10 Å². The van der Waals surface area contributed by atoms with Crippen LogP contribution in [0.5, 0.6) is 5.75 Å². The van der Waals surface area contributed by atoms with Crippen LogP contribution in [0.3, 0.4) is 0 Å². The fourth-order valence-electron chi connectivity index (χ4n) is 3.02. The predicted molar refractivity (Wildman–Crippen MR) is 112 cm³/mol. The summed E-state index contributed by atoms with van der Waals surface area (Å²) in [6, 6.07) is 14.3. The largest absolute Gasteiger partial charge is 0.489 e. The Balaban J connectivity index is 1.58. The molecule has 0 aliphatic heterocycles. The van der Waals surface area contributed by atoms with Gasteiger partial charge in [-0.3, -0.25) is 14.0 Å². The highest BCUT2D eigenvalue weighted by atomic mass is 35.5. The van der Waals surface area contributed by atoms with Gasteiger partial charge in [-0.25, -0.2) is 0 Å². The average Bonchev–Trinajstić information content (AvgIpc) is 2.96. The Labute approximate surface area is 171 Å². The van der Waals surface area contributed by atoms with E-state index >= 15 is 0 Å². The number of aromatic nitrogens is 3. The van der Waals surface area contributed by atoms with Crippen molar-refractivity contribution in [3.63, 3.8) is 0 Å². The molecule has 0 aliphatic carbocycles. The van der Waals surface area contributed by atoms with E-state index in [1.165, 1.54) is 6.07 Å². The molecule has 28 heavy (non-hydrogen) atoms. The minimum atomic E-state index is -0.174. The maximum absolute atomic E-state index is 12.6. The molecule has 0 spiro atoms. The molecule has 0 unspecified atom stereocenters. The molecule has 0 bridgehead atoms. The number of halogens is 2. The van der Waals surface area contributed by atoms with Crippen molar-refractivity contribution in [2.45, 2.75) is 13.5 Å². The summed E-state index contributed by atoms with van der Waals surface area (Å²) >= 11 is 11.9. The van der Waals surface area contributed by atoms with Gasteiger partial charge < -0.3 is 4.74 Å². The number of hydrogen-bond acceptors (Lipinski definition) is 3. The van der Waals surface area contributed by atoms with Gasteiger partial charge in [-0.1, -0.05) is 29.3 Å². The van der Waals surface area contributed by atoms with Crippen LogP contribution >= 0.6 is 23.2 Å². The fraction of sp³-hybridized carbons (Fsp3) is 0.143. The number of aryl methyl sites for hydroxylation is 2. The number of hydrogen-bond donors (Lipinski definition) is 0. The molecule has 0 saturated heterocycles. The van der Waals surface area contributed by atoms with E-state index < -0.39 is 0 Å². The number of fused-ring (bicyclic) bond motifs is 1. The molecule has 7 heteroatoms. The number of rotatable bonds is 4. The first kappa shape index (κ1) is 18.6. The smallest absolute Gasteiger partial charge is 0.258 e. The molecule has 2 aromatic carbocycles. The van der Waals surface area contributed by atoms with Gasteiger partial charge in [0, 0.05) is 36.1 Å². The molecule has 0 radical (unpaired) electrons. The standard InChI is InChI=1S/C21H17Cl2N3O2/c1-13-17-10-15(4-6-20(17)24-25(13)2)26-8-7-16(11-21(26)27)28-12-14-3-5-18(22)19(23)9-14/h3-11H,12H2,1-2H3. The van der Waals surface area contributed by atoms with Gasteiger partial charge in [-0.05, 0) is 48.9 Å². The Morgan fingerprint density at radius 3 is 2.61 bits per heavy atom. The van der Waals surface area contributed by atoms with Crippen LogP contribution in [-0.2, 0) is 13.7 Å². The van der Waals surface area contributed by atoms with Gasteiger partial charge in [0.15, 0.2) is 0 Å². The second-order valence-electron chi connectivity index (χ2n) is 6.52. The minimum absolute atomic E-state index is 0.174. The number of pyridine rings is 1. The summed E-state index contributed by atoms with van der Waals surface area (Å²) in [5.41, 5.74) is 3.43. The van der Waals surface area contributed by atoms with Crippen molar-refractivity contribution in [2.75, 3.05) is 0 Å². The molecule has 0 fully saturated rings. The zero-order chi connectivity index (χ0) is 19.8. The van der Waals surface area contributed by atoms with Crippen molar-refractivity contribution in [2.24, 2.45) is 7.05 Å². The van der Waals surface area contributed by atoms with Crippen molar-refractivity contribution >= 4 is 34.1 Å². The Hall–Kier alpha value is -2.76. The third kappa shape index (κ3) is 3.51. The number of ether oxygens (including phenoxy) is 1. The minimum Gasteiger partial charge on any atom is -0.489 e. The summed E-state index contributed by atoms with van der Waals surface area (Å²) in [7, 11) is 1.90. The zero-order valence-electron chi connectivity index (χ0n) is 15.3. The van der Waals surface area contributed by atoms with E-state index in [0.717, 1.165) is 27.8 Å². The van der Waals surface area contributed by atoms with Gasteiger partial charge in [-0.15, -0.1) is 0 Å². The lowest BCUT2D eigenvalue weighted by atomic mass is 10.2. The molecular weight excluding hydrogens is 397 g/mol. The molecule has 0 aliphatic rings. The Kier molecular flexibility index (Phi) is 4.87. The Morgan fingerprint density at radius 2 is 1.86 bits per heavy atom. The van der Waals surface area contributed by atoms with Gasteiger partial charge >= 0.3 is 0 Å². The molecule has 142 valence electrons. The lowest BCUT2D eigenvalue weighted by Crippen LogP contribution is -2.16. The van der Waals surface area contributed by atoms with Crippen LogP contribution in [0.1, 0.15) is 11.3 Å². The van der Waals surface area contributed by atoms with Crippen molar-refractivity contribution in [1.82, 2.24) is 14.3 Å². The molecule has 0 saturated carbocycles.